The SMILES string of the molecule is CC1(C)C2CC[C@]1(CS(=O)(=O)O)C(=O)C2.O=C1CC=CON1. The third-order valence-electron chi connectivity index (χ3n) is 5.21. The highest BCUT2D eigenvalue weighted by Gasteiger charge is 2.65. The van der Waals surface area contributed by atoms with Crippen LogP contribution in [0.15, 0.2) is 12.3 Å². The number of nitrogens with one attached hydrogen (secondary N) is 1. The fourth-order valence-electron chi connectivity index (χ4n) is 3.76. The van der Waals surface area contributed by atoms with Crippen molar-refractivity contribution in [3.8, 4) is 0 Å². The highest BCUT2D eigenvalue weighted by molar-refractivity contribution is 7.85. The molecule has 3 rings (SSSR count). The van der Waals surface area contributed by atoms with Crippen LogP contribution in [0.4, 0.5) is 0 Å². The predicted molar refractivity (Wildman–Crippen MR) is 78.0 cm³/mol. The highest BCUT2D eigenvalue weighted by Crippen LogP contribution is 2.64. The molecule has 1 unspecified atom stereocenters. The molecule has 0 spiro atoms. The van der Waals surface area contributed by atoms with E-state index in [-0.39, 0.29) is 23.0 Å². The minimum atomic E-state index is -4.08. The van der Waals surface area contributed by atoms with E-state index in [9.17, 15) is 18.0 Å². The topological polar surface area (TPSA) is 110 Å². The quantitative estimate of drug-likeness (QED) is 0.736. The van der Waals surface area contributed by atoms with Crippen molar-refractivity contribution in [2.45, 2.75) is 39.5 Å². The maximum atomic E-state index is 11.9. The van der Waals surface area contributed by atoms with E-state index in [2.05, 4.69) is 10.3 Å². The fraction of sp³-hybridized carbons (Fsp3) is 0.714. The third kappa shape index (κ3) is 3.03. The predicted octanol–water partition coefficient (Wildman–Crippen LogP) is 1.22. The van der Waals surface area contributed by atoms with Crippen LogP contribution in [0.25, 0.3) is 0 Å². The number of hydrogen-bond acceptors (Lipinski definition) is 5. The summed E-state index contributed by atoms with van der Waals surface area (Å²) in [5.74, 6) is -0.196. The van der Waals surface area contributed by atoms with Gasteiger partial charge >= 0.3 is 0 Å². The van der Waals surface area contributed by atoms with Crippen LogP contribution in [-0.2, 0) is 24.5 Å². The van der Waals surface area contributed by atoms with Crippen molar-refractivity contribution in [2.24, 2.45) is 16.7 Å². The summed E-state index contributed by atoms with van der Waals surface area (Å²) in [7, 11) is -4.08. The van der Waals surface area contributed by atoms with E-state index in [0.717, 1.165) is 6.42 Å². The molecular formula is C14H21NO6S. The molecule has 8 heteroatoms. The van der Waals surface area contributed by atoms with E-state index < -0.39 is 21.3 Å². The Hall–Kier alpha value is -1.41. The smallest absolute Gasteiger partial charge is 0.265 e. The molecule has 0 aromatic carbocycles. The van der Waals surface area contributed by atoms with Crippen molar-refractivity contribution in [2.75, 3.05) is 5.75 Å². The Morgan fingerprint density at radius 1 is 1.41 bits per heavy atom. The number of rotatable bonds is 2. The van der Waals surface area contributed by atoms with E-state index in [4.69, 9.17) is 4.55 Å². The summed E-state index contributed by atoms with van der Waals surface area (Å²) in [6.45, 7) is 3.89. The molecule has 2 aliphatic carbocycles. The molecule has 0 aromatic rings. The number of carbonyl (C=O) groups excluding carboxylic acids is 2. The molecule has 0 saturated heterocycles. The first-order valence-corrected chi connectivity index (χ1v) is 8.77. The first kappa shape index (κ1) is 17.0. The van der Waals surface area contributed by atoms with Gasteiger partial charge in [0.1, 0.15) is 12.0 Å². The lowest BCUT2D eigenvalue weighted by molar-refractivity contribution is -0.130. The van der Waals surface area contributed by atoms with Crippen LogP contribution >= 0.6 is 0 Å². The molecule has 0 radical (unpaired) electrons. The molecule has 2 fully saturated rings. The molecule has 2 atom stereocenters. The lowest BCUT2D eigenvalue weighted by Gasteiger charge is -2.35. The number of ketones is 1. The maximum Gasteiger partial charge on any atom is 0.265 e. The number of Topliss-reactive ketones (excluding diaryl/α,β-unsaturated/α-hetero) is 1. The maximum absolute atomic E-state index is 11.9. The average molecular weight is 331 g/mol. The normalized spacial score (nSPS) is 32.0. The van der Waals surface area contributed by atoms with E-state index in [1.807, 2.05) is 13.8 Å². The molecule has 2 bridgehead atoms. The summed E-state index contributed by atoms with van der Waals surface area (Å²) in [5, 5.41) is 0. The van der Waals surface area contributed by atoms with Crippen LogP contribution in [0.3, 0.4) is 0 Å². The molecule has 7 nitrogen and oxygen atoms in total. The van der Waals surface area contributed by atoms with E-state index >= 15 is 0 Å². The summed E-state index contributed by atoms with van der Waals surface area (Å²) in [6, 6.07) is 0. The summed E-state index contributed by atoms with van der Waals surface area (Å²) in [4.78, 5) is 26.5. The molecule has 2 N–H and O–H groups in total. The van der Waals surface area contributed by atoms with Gasteiger partial charge in [-0.1, -0.05) is 13.8 Å². The molecule has 1 heterocycles. The van der Waals surface area contributed by atoms with Gasteiger partial charge < -0.3 is 4.84 Å². The zero-order valence-electron chi connectivity index (χ0n) is 12.7. The van der Waals surface area contributed by atoms with Crippen LogP contribution in [0, 0.1) is 16.7 Å². The Morgan fingerprint density at radius 3 is 2.41 bits per heavy atom. The number of fused-ring (bicyclic) bond motifs is 2. The van der Waals surface area contributed by atoms with Crippen molar-refractivity contribution in [3.05, 3.63) is 12.3 Å². The van der Waals surface area contributed by atoms with Crippen molar-refractivity contribution in [3.63, 3.8) is 0 Å². The highest BCUT2D eigenvalue weighted by atomic mass is 32.2. The molecule has 0 aromatic heterocycles. The standard InChI is InChI=1S/C10H16O4S.C4H5NO2/c1-9(2)7-3-4-10(9,8(11)5-7)6-15(12,13)14;6-4-2-1-3-7-5-4/h7H,3-6H2,1-2H3,(H,12,13,14);1,3H,2H2,(H,5,6)/t7?,10-;/m0./s1. The zero-order valence-corrected chi connectivity index (χ0v) is 13.5. The van der Waals surface area contributed by atoms with Gasteiger partial charge in [0.15, 0.2) is 0 Å². The van der Waals surface area contributed by atoms with Gasteiger partial charge in [0.25, 0.3) is 16.0 Å². The molecular weight excluding hydrogens is 310 g/mol. The Balaban J connectivity index is 0.000000211. The Bertz CT molecular complexity index is 609. The average Bonchev–Trinajstić information content (AvgIpc) is 2.72. The monoisotopic (exact) mass is 331 g/mol. The van der Waals surface area contributed by atoms with Crippen LogP contribution in [0.1, 0.15) is 39.5 Å². The van der Waals surface area contributed by atoms with Crippen LogP contribution in [0.5, 0.6) is 0 Å². The summed E-state index contributed by atoms with van der Waals surface area (Å²) in [6.07, 6.45) is 5.50. The zero-order chi connectivity index (χ0) is 16.6. The minimum Gasteiger partial charge on any atom is -0.388 e. The van der Waals surface area contributed by atoms with Gasteiger partial charge in [0.2, 0.25) is 0 Å². The third-order valence-corrected chi connectivity index (χ3v) is 6.07. The molecule has 1 amide bonds. The number of hydroxylamine groups is 1. The van der Waals surface area contributed by atoms with Gasteiger partial charge in [-0.05, 0) is 30.3 Å². The molecule has 2 saturated carbocycles. The summed E-state index contributed by atoms with van der Waals surface area (Å²) >= 11 is 0. The fourth-order valence-corrected chi connectivity index (χ4v) is 5.06. The van der Waals surface area contributed by atoms with Gasteiger partial charge in [-0.2, -0.15) is 13.9 Å². The summed E-state index contributed by atoms with van der Waals surface area (Å²) in [5.41, 5.74) is 1.04. The Morgan fingerprint density at radius 2 is 2.09 bits per heavy atom. The van der Waals surface area contributed by atoms with E-state index in [1.165, 1.54) is 6.26 Å². The number of carbonyl (C=O) groups is 2. The molecule has 3 aliphatic rings. The van der Waals surface area contributed by atoms with E-state index in [1.54, 1.807) is 6.08 Å². The van der Waals surface area contributed by atoms with Gasteiger partial charge in [-0.3, -0.25) is 14.1 Å². The van der Waals surface area contributed by atoms with Gasteiger partial charge in [0.05, 0.1) is 17.6 Å². The Labute approximate surface area is 129 Å². The second-order valence-electron chi connectivity index (χ2n) is 6.61. The minimum absolute atomic E-state index is 0.0152. The Kier molecular flexibility index (Phi) is 4.36. The second-order valence-corrected chi connectivity index (χ2v) is 8.06. The summed E-state index contributed by atoms with van der Waals surface area (Å²) < 4.78 is 31.0. The molecule has 124 valence electrons. The lowest BCUT2D eigenvalue weighted by Crippen LogP contribution is -2.42. The van der Waals surface area contributed by atoms with Gasteiger partial charge in [-0.25, -0.2) is 0 Å². The molecule has 22 heavy (non-hydrogen) atoms. The van der Waals surface area contributed by atoms with Gasteiger partial charge in [-0.15, -0.1) is 0 Å². The van der Waals surface area contributed by atoms with E-state index in [0.29, 0.717) is 19.3 Å². The van der Waals surface area contributed by atoms with Crippen LogP contribution in [0.2, 0.25) is 0 Å². The molecule has 1 aliphatic heterocycles. The first-order valence-electron chi connectivity index (χ1n) is 7.16. The first-order chi connectivity index (χ1) is 10.1. The van der Waals surface area contributed by atoms with Crippen molar-refractivity contribution in [1.29, 1.82) is 0 Å². The number of hydrogen-bond donors (Lipinski definition) is 2. The number of amides is 1. The van der Waals surface area contributed by atoms with Gasteiger partial charge in [0, 0.05) is 6.42 Å². The van der Waals surface area contributed by atoms with Crippen molar-refractivity contribution < 1.29 is 27.4 Å². The second kappa shape index (κ2) is 5.66. The lowest BCUT2D eigenvalue weighted by atomic mass is 9.70. The van der Waals surface area contributed by atoms with Crippen molar-refractivity contribution in [1.82, 2.24) is 5.48 Å². The van der Waals surface area contributed by atoms with Crippen LogP contribution in [-0.4, -0.2) is 30.4 Å². The largest absolute Gasteiger partial charge is 0.388 e. The van der Waals surface area contributed by atoms with Crippen molar-refractivity contribution >= 4 is 21.8 Å². The van der Waals surface area contributed by atoms with Crippen LogP contribution < -0.4 is 5.48 Å².